The molecule has 34 heavy (non-hydrogen) atoms. The number of piperidine rings is 2. The van der Waals surface area contributed by atoms with E-state index in [-0.39, 0.29) is 30.1 Å². The number of pyridine rings is 1. The Morgan fingerprint density at radius 2 is 2.06 bits per heavy atom. The van der Waals surface area contributed by atoms with Crippen molar-refractivity contribution < 1.29 is 23.6 Å². The van der Waals surface area contributed by atoms with E-state index >= 15 is 0 Å². The van der Waals surface area contributed by atoms with E-state index < -0.39 is 0 Å². The van der Waals surface area contributed by atoms with Gasteiger partial charge in [0.25, 0.3) is 0 Å². The highest BCUT2D eigenvalue weighted by Crippen LogP contribution is 2.24. The molecule has 3 saturated heterocycles. The summed E-state index contributed by atoms with van der Waals surface area (Å²) in [5, 5.41) is 0. The van der Waals surface area contributed by atoms with Crippen LogP contribution in [0, 0.1) is 11.8 Å². The van der Waals surface area contributed by atoms with Crippen LogP contribution in [-0.4, -0.2) is 84.2 Å². The lowest BCUT2D eigenvalue weighted by atomic mass is 9.98. The summed E-state index contributed by atoms with van der Waals surface area (Å²) in [7, 11) is 0. The molecule has 2 N–H and O–H groups in total. The zero-order valence-electron chi connectivity index (χ0n) is 20.4. The Morgan fingerprint density at radius 1 is 1.26 bits per heavy atom. The average Bonchev–Trinajstić information content (AvgIpc) is 3.19. The van der Waals surface area contributed by atoms with Gasteiger partial charge in [0.1, 0.15) is 11.6 Å². The molecule has 0 aromatic carbocycles. The molecule has 3 aliphatic heterocycles. The van der Waals surface area contributed by atoms with Gasteiger partial charge >= 0.3 is 12.0 Å². The molecule has 186 valence electrons. The number of hydrogen-bond donors (Lipinski definition) is 1. The standard InChI is InChI=1S/C25H38N5O4/c1-18(2)34-25(32)28-11-8-19(9-12-28)17-33-21-6-7-23(27-13-21)30-15-20(22(26)16-30)14-29-10-4-3-5-24(29)31/h6-7,13-14,18-20,22H,3-5,8-12,15-17,26H2,1-2H3/q+1. The maximum absolute atomic E-state index is 12.1. The summed E-state index contributed by atoms with van der Waals surface area (Å²) in [5.41, 5.74) is 6.39. The van der Waals surface area contributed by atoms with Crippen LogP contribution >= 0.6 is 0 Å². The summed E-state index contributed by atoms with van der Waals surface area (Å²) in [4.78, 5) is 32.7. The van der Waals surface area contributed by atoms with Crippen molar-refractivity contribution in [2.45, 2.75) is 58.1 Å². The van der Waals surface area contributed by atoms with Crippen molar-refractivity contribution in [2.75, 3.05) is 44.2 Å². The first-order valence-electron chi connectivity index (χ1n) is 12.6. The van der Waals surface area contributed by atoms with Crippen molar-refractivity contribution in [3.05, 3.63) is 18.3 Å². The number of nitrogens with two attached hydrogens (primary N) is 1. The highest BCUT2D eigenvalue weighted by Gasteiger charge is 2.34. The number of carbonyl (C=O) groups is 2. The monoisotopic (exact) mass is 472 g/mol. The molecule has 2 unspecified atom stereocenters. The molecule has 9 heteroatoms. The second-order valence-corrected chi connectivity index (χ2v) is 9.95. The first kappa shape index (κ1) is 24.4. The minimum absolute atomic E-state index is 0.0175. The first-order chi connectivity index (χ1) is 16.4. The molecule has 4 heterocycles. The summed E-state index contributed by atoms with van der Waals surface area (Å²) in [6, 6.07) is 3.91. The van der Waals surface area contributed by atoms with E-state index in [1.54, 1.807) is 11.1 Å². The molecule has 1 aromatic rings. The third-order valence-electron chi connectivity index (χ3n) is 6.88. The van der Waals surface area contributed by atoms with Gasteiger partial charge in [-0.25, -0.2) is 14.6 Å². The van der Waals surface area contributed by atoms with E-state index in [1.807, 2.05) is 36.8 Å². The van der Waals surface area contributed by atoms with Gasteiger partial charge in [-0.2, -0.15) is 4.58 Å². The molecular weight excluding hydrogens is 434 g/mol. The molecule has 3 fully saturated rings. The first-order valence-corrected chi connectivity index (χ1v) is 12.6. The molecule has 0 aliphatic carbocycles. The number of anilines is 1. The highest BCUT2D eigenvalue weighted by atomic mass is 16.6. The van der Waals surface area contributed by atoms with E-state index in [2.05, 4.69) is 9.88 Å². The van der Waals surface area contributed by atoms with E-state index in [0.717, 1.165) is 50.3 Å². The number of aromatic nitrogens is 1. The SMILES string of the molecule is CC(C)OC(=O)N1CCC(COc2ccc(N3CC(N)C(C=[N+]4CCCCC4=O)C3)nc2)CC1. The summed E-state index contributed by atoms with van der Waals surface area (Å²) in [6.45, 7) is 8.02. The fourth-order valence-corrected chi connectivity index (χ4v) is 4.83. The molecule has 1 aromatic heterocycles. The molecule has 0 saturated carbocycles. The lowest BCUT2D eigenvalue weighted by molar-refractivity contribution is -0.454. The quantitative estimate of drug-likeness (QED) is 0.634. The van der Waals surface area contributed by atoms with Crippen molar-refractivity contribution in [1.82, 2.24) is 9.88 Å². The third kappa shape index (κ3) is 6.25. The fourth-order valence-electron chi connectivity index (χ4n) is 4.83. The highest BCUT2D eigenvalue weighted by molar-refractivity contribution is 5.74. The summed E-state index contributed by atoms with van der Waals surface area (Å²) < 4.78 is 13.1. The molecule has 2 atom stereocenters. The Balaban J connectivity index is 1.23. The minimum Gasteiger partial charge on any atom is -0.492 e. The van der Waals surface area contributed by atoms with Crippen LogP contribution in [0.2, 0.25) is 0 Å². The van der Waals surface area contributed by atoms with E-state index in [1.165, 1.54) is 0 Å². The van der Waals surface area contributed by atoms with Crippen molar-refractivity contribution in [1.29, 1.82) is 0 Å². The number of ether oxygens (including phenoxy) is 2. The Labute approximate surface area is 201 Å². The summed E-state index contributed by atoms with van der Waals surface area (Å²) in [6.07, 6.45) is 7.97. The third-order valence-corrected chi connectivity index (χ3v) is 6.88. The lowest BCUT2D eigenvalue weighted by Gasteiger charge is -2.31. The van der Waals surface area contributed by atoms with Crippen LogP contribution in [0.5, 0.6) is 5.75 Å². The maximum Gasteiger partial charge on any atom is 0.410 e. The Morgan fingerprint density at radius 3 is 2.74 bits per heavy atom. The largest absolute Gasteiger partial charge is 0.492 e. The predicted octanol–water partition coefficient (Wildman–Crippen LogP) is 2.27. The van der Waals surface area contributed by atoms with Gasteiger partial charge in [0.05, 0.1) is 31.2 Å². The van der Waals surface area contributed by atoms with E-state index in [0.29, 0.717) is 38.6 Å². The smallest absolute Gasteiger partial charge is 0.410 e. The van der Waals surface area contributed by atoms with E-state index in [4.69, 9.17) is 15.2 Å². The van der Waals surface area contributed by atoms with Gasteiger partial charge in [-0.1, -0.05) is 0 Å². The maximum atomic E-state index is 12.1. The molecule has 0 radical (unpaired) electrons. The van der Waals surface area contributed by atoms with Crippen LogP contribution in [0.4, 0.5) is 10.6 Å². The molecule has 0 spiro atoms. The van der Waals surface area contributed by atoms with Gasteiger partial charge in [0.2, 0.25) is 0 Å². The fraction of sp³-hybridized carbons (Fsp3) is 0.680. The summed E-state index contributed by atoms with van der Waals surface area (Å²) in [5.74, 6) is 2.38. The minimum atomic E-state index is -0.224. The van der Waals surface area contributed by atoms with Crippen LogP contribution < -0.4 is 15.4 Å². The average molecular weight is 473 g/mol. The van der Waals surface area contributed by atoms with Crippen molar-refractivity contribution >= 4 is 24.0 Å². The second-order valence-electron chi connectivity index (χ2n) is 9.95. The van der Waals surface area contributed by atoms with Crippen molar-refractivity contribution in [2.24, 2.45) is 17.6 Å². The molecular formula is C25H38N5O4+. The van der Waals surface area contributed by atoms with Crippen LogP contribution in [0.15, 0.2) is 18.3 Å². The lowest BCUT2D eigenvalue weighted by Crippen LogP contribution is -2.40. The molecule has 2 amide bonds. The Kier molecular flexibility index (Phi) is 8.03. The Bertz CT molecular complexity index is 880. The molecule has 9 nitrogen and oxygen atoms in total. The summed E-state index contributed by atoms with van der Waals surface area (Å²) >= 11 is 0. The molecule has 0 bridgehead atoms. The van der Waals surface area contributed by atoms with Gasteiger partial charge in [-0.3, -0.25) is 0 Å². The number of amides is 2. The number of nitrogens with zero attached hydrogens (tertiary/aromatic N) is 4. The number of rotatable bonds is 6. The van der Waals surface area contributed by atoms with Gasteiger partial charge in [0.15, 0.2) is 12.8 Å². The van der Waals surface area contributed by atoms with Crippen LogP contribution in [0.1, 0.15) is 46.0 Å². The topological polar surface area (TPSA) is 101 Å². The number of likely N-dealkylation sites (tertiary alicyclic amines) is 1. The van der Waals surface area contributed by atoms with Crippen molar-refractivity contribution in [3.8, 4) is 5.75 Å². The zero-order chi connectivity index (χ0) is 24.1. The van der Waals surface area contributed by atoms with Crippen LogP contribution in [0.3, 0.4) is 0 Å². The van der Waals surface area contributed by atoms with Crippen LogP contribution in [-0.2, 0) is 9.53 Å². The molecule has 4 rings (SSSR count). The number of hydrogen-bond acceptors (Lipinski definition) is 7. The number of carbonyl (C=O) groups excluding carboxylic acids is 2. The van der Waals surface area contributed by atoms with Crippen LogP contribution in [0.25, 0.3) is 0 Å². The second kappa shape index (κ2) is 11.2. The van der Waals surface area contributed by atoms with Gasteiger partial charge < -0.3 is 25.0 Å². The van der Waals surface area contributed by atoms with E-state index in [9.17, 15) is 9.59 Å². The van der Waals surface area contributed by atoms with Gasteiger partial charge in [0, 0.05) is 38.6 Å². The van der Waals surface area contributed by atoms with Crippen molar-refractivity contribution in [3.63, 3.8) is 0 Å². The van der Waals surface area contributed by atoms with Gasteiger partial charge in [-0.05, 0) is 51.2 Å². The van der Waals surface area contributed by atoms with Gasteiger partial charge in [-0.15, -0.1) is 0 Å². The molecule has 3 aliphatic rings. The Hall–Kier alpha value is -2.68. The zero-order valence-corrected chi connectivity index (χ0v) is 20.4. The predicted molar refractivity (Wildman–Crippen MR) is 129 cm³/mol. The normalized spacial score (nSPS) is 25.3.